The topological polar surface area (TPSA) is 85.9 Å². The minimum Gasteiger partial charge on any atom is -0.354 e. The van der Waals surface area contributed by atoms with Gasteiger partial charge < -0.3 is 15.1 Å². The average Bonchev–Trinajstić information content (AvgIpc) is 3.46. The Balaban J connectivity index is 1.58. The molecule has 1 fully saturated rings. The number of anilines is 3. The lowest BCUT2D eigenvalue weighted by Crippen LogP contribution is -2.43. The monoisotopic (exact) mass is 462 g/mol. The van der Waals surface area contributed by atoms with Gasteiger partial charge in [0.15, 0.2) is 5.13 Å². The highest BCUT2D eigenvalue weighted by Gasteiger charge is 2.23. The van der Waals surface area contributed by atoms with Gasteiger partial charge in [-0.3, -0.25) is 0 Å². The van der Waals surface area contributed by atoms with Crippen LogP contribution < -0.4 is 15.1 Å². The maximum Gasteiger partial charge on any atom is 0.192 e. The molecule has 8 nitrogen and oxygen atoms in total. The largest absolute Gasteiger partial charge is 0.354 e. The van der Waals surface area contributed by atoms with Gasteiger partial charge in [-0.15, -0.1) is 0 Å². The number of fused-ring (bicyclic) bond motifs is 1. The molecule has 0 spiro atoms. The molecule has 0 radical (unpaired) electrons. The van der Waals surface area contributed by atoms with E-state index in [1.54, 1.807) is 12.1 Å². The summed E-state index contributed by atoms with van der Waals surface area (Å²) >= 11 is 1.31. The fourth-order valence-electron chi connectivity index (χ4n) is 4.08. The first-order chi connectivity index (χ1) is 16.1. The predicted molar refractivity (Wildman–Crippen MR) is 129 cm³/mol. The van der Waals surface area contributed by atoms with Gasteiger partial charge in [-0.2, -0.15) is 10.4 Å². The quantitative estimate of drug-likeness (QED) is 0.483. The molecular weight excluding hydrogens is 439 g/mol. The van der Waals surface area contributed by atoms with Gasteiger partial charge in [0.2, 0.25) is 0 Å². The van der Waals surface area contributed by atoms with Crippen molar-refractivity contribution in [3.63, 3.8) is 0 Å². The Morgan fingerprint density at radius 2 is 2.00 bits per heavy atom. The minimum atomic E-state index is -0.322. The number of benzene rings is 1. The molecule has 1 N–H and O–H groups in total. The summed E-state index contributed by atoms with van der Waals surface area (Å²) in [6, 6.07) is 10.4. The van der Waals surface area contributed by atoms with Crippen molar-refractivity contribution < 1.29 is 4.39 Å². The molecule has 4 heterocycles. The van der Waals surface area contributed by atoms with Gasteiger partial charge in [0, 0.05) is 50.7 Å². The van der Waals surface area contributed by atoms with Crippen molar-refractivity contribution in [3.05, 3.63) is 47.2 Å². The fourth-order valence-corrected chi connectivity index (χ4v) is 4.92. The molecule has 1 aromatic carbocycles. The summed E-state index contributed by atoms with van der Waals surface area (Å²) in [5.74, 6) is 1.50. The first-order valence-electron chi connectivity index (χ1n) is 10.8. The van der Waals surface area contributed by atoms with E-state index < -0.39 is 0 Å². The Bertz CT molecular complexity index is 1330. The van der Waals surface area contributed by atoms with Gasteiger partial charge in [0.25, 0.3) is 0 Å². The lowest BCUT2D eigenvalue weighted by molar-refractivity contribution is 0.585. The summed E-state index contributed by atoms with van der Waals surface area (Å²) in [5.41, 5.74) is 2.08. The highest BCUT2D eigenvalue weighted by molar-refractivity contribution is 7.16. The van der Waals surface area contributed by atoms with E-state index in [9.17, 15) is 9.65 Å². The van der Waals surface area contributed by atoms with E-state index in [1.807, 2.05) is 29.7 Å². The Kier molecular flexibility index (Phi) is 5.66. The third-order valence-electron chi connectivity index (χ3n) is 5.76. The van der Waals surface area contributed by atoms with E-state index >= 15 is 0 Å². The third kappa shape index (κ3) is 3.90. The smallest absolute Gasteiger partial charge is 0.192 e. The molecule has 1 aliphatic rings. The number of piperazine rings is 1. The number of aromatic nitrogens is 4. The Labute approximate surface area is 194 Å². The minimum absolute atomic E-state index is 0.322. The molecule has 0 bridgehead atoms. The van der Waals surface area contributed by atoms with Crippen LogP contribution in [-0.2, 0) is 6.54 Å². The van der Waals surface area contributed by atoms with E-state index in [1.165, 1.54) is 23.5 Å². The summed E-state index contributed by atoms with van der Waals surface area (Å²) in [4.78, 5) is 14.1. The van der Waals surface area contributed by atoms with Crippen LogP contribution in [0.1, 0.15) is 11.8 Å². The number of nitriles is 1. The number of rotatable bonds is 5. The number of thiazole rings is 1. The van der Waals surface area contributed by atoms with Gasteiger partial charge in [-0.25, -0.2) is 19.0 Å². The molecule has 33 heavy (non-hydrogen) atoms. The number of pyridine rings is 1. The molecule has 0 saturated carbocycles. The summed E-state index contributed by atoms with van der Waals surface area (Å²) in [5, 5.41) is 19.5. The number of halogens is 1. The highest BCUT2D eigenvalue weighted by atomic mass is 32.1. The van der Waals surface area contributed by atoms with Crippen molar-refractivity contribution in [3.8, 4) is 17.3 Å². The van der Waals surface area contributed by atoms with Crippen LogP contribution in [0.3, 0.4) is 0 Å². The van der Waals surface area contributed by atoms with E-state index in [0.717, 1.165) is 48.7 Å². The maximum atomic E-state index is 13.4. The molecule has 3 aromatic heterocycles. The zero-order valence-corrected chi connectivity index (χ0v) is 19.2. The average molecular weight is 463 g/mol. The van der Waals surface area contributed by atoms with Gasteiger partial charge in [-0.05, 0) is 37.3 Å². The first-order valence-corrected chi connectivity index (χ1v) is 11.6. The molecule has 0 amide bonds. The molecule has 5 rings (SSSR count). The second kappa shape index (κ2) is 8.77. The summed E-state index contributed by atoms with van der Waals surface area (Å²) in [6.45, 7) is 6.40. The Morgan fingerprint density at radius 3 is 2.70 bits per heavy atom. The molecule has 168 valence electrons. The number of hydrogen-bond acceptors (Lipinski definition) is 8. The van der Waals surface area contributed by atoms with Crippen LogP contribution >= 0.6 is 11.3 Å². The zero-order valence-electron chi connectivity index (χ0n) is 18.4. The predicted octanol–water partition coefficient (Wildman–Crippen LogP) is 3.76. The SMILES string of the molecule is CCn1nc2cnc(N3CCNCC3)cc2c1N(C)c1nc(-c2ccc(F)cc2)c(C#N)s1. The van der Waals surface area contributed by atoms with Crippen LogP contribution in [0.5, 0.6) is 0 Å². The Hall–Kier alpha value is -3.55. The van der Waals surface area contributed by atoms with Crippen molar-refractivity contribution in [1.29, 1.82) is 5.26 Å². The number of aryl methyl sites for hydroxylation is 1. The standard InChI is InChI=1S/C23H23FN8S/c1-3-32-22(17-12-20(27-14-18(17)29-32)31-10-8-26-9-11-31)30(2)23-28-21(19(13-25)33-23)15-4-6-16(24)7-5-15/h4-7,12,14,26H,3,8-11H2,1-2H3. The van der Waals surface area contributed by atoms with Gasteiger partial charge >= 0.3 is 0 Å². The van der Waals surface area contributed by atoms with Crippen molar-refractivity contribution in [1.82, 2.24) is 25.1 Å². The van der Waals surface area contributed by atoms with E-state index in [2.05, 4.69) is 27.3 Å². The summed E-state index contributed by atoms with van der Waals surface area (Å²) in [6.07, 6.45) is 1.82. The molecule has 4 aromatic rings. The number of nitrogens with one attached hydrogen (secondary N) is 1. The summed E-state index contributed by atoms with van der Waals surface area (Å²) in [7, 11) is 1.93. The van der Waals surface area contributed by atoms with Crippen LogP contribution in [0, 0.1) is 17.1 Å². The third-order valence-corrected chi connectivity index (χ3v) is 6.80. The van der Waals surface area contributed by atoms with Crippen molar-refractivity contribution in [2.24, 2.45) is 0 Å². The van der Waals surface area contributed by atoms with E-state index in [4.69, 9.17) is 10.1 Å². The second-order valence-corrected chi connectivity index (χ2v) is 8.77. The van der Waals surface area contributed by atoms with Gasteiger partial charge in [0.1, 0.15) is 39.6 Å². The van der Waals surface area contributed by atoms with Crippen molar-refractivity contribution in [2.45, 2.75) is 13.5 Å². The first kappa shape index (κ1) is 21.3. The number of nitrogens with zero attached hydrogens (tertiary/aromatic N) is 7. The lowest BCUT2D eigenvalue weighted by atomic mass is 10.1. The Morgan fingerprint density at radius 1 is 1.24 bits per heavy atom. The maximum absolute atomic E-state index is 13.4. The molecule has 0 aliphatic carbocycles. The van der Waals surface area contributed by atoms with Crippen LogP contribution in [-0.4, -0.2) is 53.0 Å². The molecular formula is C23H23FN8S. The second-order valence-electron chi connectivity index (χ2n) is 7.79. The normalized spacial score (nSPS) is 13.9. The van der Waals surface area contributed by atoms with E-state index in [0.29, 0.717) is 27.8 Å². The van der Waals surface area contributed by atoms with Gasteiger partial charge in [0.05, 0.1) is 6.20 Å². The van der Waals surface area contributed by atoms with Crippen molar-refractivity contribution >= 4 is 39.0 Å². The van der Waals surface area contributed by atoms with Gasteiger partial charge in [-0.1, -0.05) is 11.3 Å². The lowest BCUT2D eigenvalue weighted by Gasteiger charge is -2.28. The molecule has 1 saturated heterocycles. The van der Waals surface area contributed by atoms with Crippen molar-refractivity contribution in [2.75, 3.05) is 43.0 Å². The molecule has 10 heteroatoms. The molecule has 0 atom stereocenters. The number of hydrogen-bond donors (Lipinski definition) is 1. The van der Waals surface area contributed by atoms with Crippen LogP contribution in [0.15, 0.2) is 36.5 Å². The van der Waals surface area contributed by atoms with Crippen LogP contribution in [0.2, 0.25) is 0 Å². The summed E-state index contributed by atoms with van der Waals surface area (Å²) < 4.78 is 15.3. The molecule has 1 aliphatic heterocycles. The van der Waals surface area contributed by atoms with Crippen LogP contribution in [0.25, 0.3) is 22.2 Å². The van der Waals surface area contributed by atoms with Crippen LogP contribution in [0.4, 0.5) is 21.2 Å². The fraction of sp³-hybridized carbons (Fsp3) is 0.304. The highest BCUT2D eigenvalue weighted by Crippen LogP contribution is 2.38. The van der Waals surface area contributed by atoms with E-state index in [-0.39, 0.29) is 5.82 Å². The zero-order chi connectivity index (χ0) is 22.9. The molecule has 0 unspecified atom stereocenters.